The van der Waals surface area contributed by atoms with E-state index in [0.717, 1.165) is 38.3 Å². The maximum atomic E-state index is 9.04. The van der Waals surface area contributed by atoms with Crippen LogP contribution in [0.5, 0.6) is 5.75 Å². The van der Waals surface area contributed by atoms with Gasteiger partial charge in [0.05, 0.1) is 19.3 Å². The van der Waals surface area contributed by atoms with Crippen molar-refractivity contribution in [3.05, 3.63) is 29.3 Å². The summed E-state index contributed by atoms with van der Waals surface area (Å²) >= 11 is 0. The van der Waals surface area contributed by atoms with E-state index in [1.165, 1.54) is 6.42 Å². The molecule has 19 heavy (non-hydrogen) atoms. The topological polar surface area (TPSA) is 54.3 Å². The van der Waals surface area contributed by atoms with Crippen molar-refractivity contribution < 1.29 is 9.47 Å². The smallest absolute Gasteiger partial charge is 0.136 e. The highest BCUT2D eigenvalue weighted by Gasteiger charge is 2.13. The van der Waals surface area contributed by atoms with Crippen molar-refractivity contribution in [2.24, 2.45) is 5.92 Å². The minimum atomic E-state index is 0.586. The van der Waals surface area contributed by atoms with E-state index in [4.69, 9.17) is 14.7 Å². The first-order chi connectivity index (χ1) is 9.33. The number of hydrogen-bond donors (Lipinski definition) is 1. The van der Waals surface area contributed by atoms with Crippen LogP contribution in [0.3, 0.4) is 0 Å². The van der Waals surface area contributed by atoms with Crippen molar-refractivity contribution in [1.29, 1.82) is 5.26 Å². The molecule has 1 unspecified atom stereocenters. The first-order valence-corrected chi connectivity index (χ1v) is 6.69. The van der Waals surface area contributed by atoms with Crippen LogP contribution in [0.15, 0.2) is 18.2 Å². The summed E-state index contributed by atoms with van der Waals surface area (Å²) in [6.45, 7) is 3.50. The van der Waals surface area contributed by atoms with Gasteiger partial charge in [-0.1, -0.05) is 6.07 Å². The van der Waals surface area contributed by atoms with Gasteiger partial charge in [-0.25, -0.2) is 0 Å². The molecule has 102 valence electrons. The number of ether oxygens (including phenoxy) is 2. The standard InChI is InChI=1S/C15H20N2O2/c1-18-15-5-4-12(7-14(15)8-16)9-17-10-13-3-2-6-19-11-13/h4-5,7,13,17H,2-3,6,9-11H2,1H3. The molecular weight excluding hydrogens is 240 g/mol. The number of benzene rings is 1. The molecule has 0 bridgehead atoms. The molecule has 1 heterocycles. The molecule has 0 saturated carbocycles. The molecule has 0 aliphatic carbocycles. The second-order valence-electron chi connectivity index (χ2n) is 4.86. The Bertz CT molecular complexity index is 448. The third kappa shape index (κ3) is 3.95. The molecule has 0 amide bonds. The summed E-state index contributed by atoms with van der Waals surface area (Å²) in [5.74, 6) is 1.24. The highest BCUT2D eigenvalue weighted by atomic mass is 16.5. The van der Waals surface area contributed by atoms with Crippen molar-refractivity contribution in [3.8, 4) is 11.8 Å². The number of nitrogens with one attached hydrogen (secondary N) is 1. The van der Waals surface area contributed by atoms with Crippen LogP contribution in [-0.4, -0.2) is 26.9 Å². The molecule has 1 aromatic carbocycles. The highest BCUT2D eigenvalue weighted by Crippen LogP contribution is 2.19. The quantitative estimate of drug-likeness (QED) is 0.880. The van der Waals surface area contributed by atoms with Crippen molar-refractivity contribution in [3.63, 3.8) is 0 Å². The van der Waals surface area contributed by atoms with Crippen LogP contribution < -0.4 is 10.1 Å². The first-order valence-electron chi connectivity index (χ1n) is 6.69. The van der Waals surface area contributed by atoms with E-state index in [0.29, 0.717) is 17.2 Å². The zero-order valence-corrected chi connectivity index (χ0v) is 11.3. The summed E-state index contributed by atoms with van der Waals surface area (Å²) < 4.78 is 10.6. The molecule has 4 heteroatoms. The Morgan fingerprint density at radius 3 is 3.11 bits per heavy atom. The second-order valence-corrected chi connectivity index (χ2v) is 4.86. The lowest BCUT2D eigenvalue weighted by Crippen LogP contribution is -2.28. The Kier molecular flexibility index (Phi) is 5.20. The number of hydrogen-bond acceptors (Lipinski definition) is 4. The fourth-order valence-corrected chi connectivity index (χ4v) is 2.34. The first kappa shape index (κ1) is 13.9. The Labute approximate surface area is 114 Å². The molecule has 2 rings (SSSR count). The maximum Gasteiger partial charge on any atom is 0.136 e. The Morgan fingerprint density at radius 1 is 1.53 bits per heavy atom. The lowest BCUT2D eigenvalue weighted by molar-refractivity contribution is 0.0547. The van der Waals surface area contributed by atoms with Crippen molar-refractivity contribution >= 4 is 0 Å². The Hall–Kier alpha value is -1.57. The fraction of sp³-hybridized carbons (Fsp3) is 0.533. The van der Waals surface area contributed by atoms with Gasteiger partial charge in [0.1, 0.15) is 11.8 Å². The van der Waals surface area contributed by atoms with Crippen molar-refractivity contribution in [2.45, 2.75) is 19.4 Å². The molecule has 0 radical (unpaired) electrons. The predicted molar refractivity (Wildman–Crippen MR) is 73.0 cm³/mol. The Balaban J connectivity index is 1.84. The van der Waals surface area contributed by atoms with E-state index in [-0.39, 0.29) is 0 Å². The minimum absolute atomic E-state index is 0.586. The average Bonchev–Trinajstić information content (AvgIpc) is 2.48. The highest BCUT2D eigenvalue weighted by molar-refractivity contribution is 5.45. The molecule has 4 nitrogen and oxygen atoms in total. The van der Waals surface area contributed by atoms with Gasteiger partial charge in [-0.3, -0.25) is 0 Å². The van der Waals surface area contributed by atoms with Gasteiger partial charge in [0.15, 0.2) is 0 Å². The lowest BCUT2D eigenvalue weighted by atomic mass is 10.0. The molecule has 0 aromatic heterocycles. The van der Waals surface area contributed by atoms with Gasteiger partial charge in [-0.05, 0) is 36.5 Å². The minimum Gasteiger partial charge on any atom is -0.495 e. The summed E-state index contributed by atoms with van der Waals surface area (Å²) in [5, 5.41) is 12.5. The molecule has 1 aromatic rings. The summed E-state index contributed by atoms with van der Waals surface area (Å²) in [5.41, 5.74) is 1.69. The monoisotopic (exact) mass is 260 g/mol. The molecule has 1 saturated heterocycles. The van der Waals surface area contributed by atoms with E-state index in [2.05, 4.69) is 11.4 Å². The molecular formula is C15H20N2O2. The summed E-state index contributed by atoms with van der Waals surface area (Å²) in [6, 6.07) is 7.87. The van der Waals surface area contributed by atoms with Gasteiger partial charge in [0, 0.05) is 19.7 Å². The van der Waals surface area contributed by atoms with Crippen LogP contribution in [0.2, 0.25) is 0 Å². The van der Waals surface area contributed by atoms with E-state index in [1.807, 2.05) is 18.2 Å². The fourth-order valence-electron chi connectivity index (χ4n) is 2.34. The molecule has 1 fully saturated rings. The normalized spacial score (nSPS) is 18.8. The van der Waals surface area contributed by atoms with Crippen LogP contribution in [-0.2, 0) is 11.3 Å². The number of nitriles is 1. The van der Waals surface area contributed by atoms with Crippen LogP contribution in [0.25, 0.3) is 0 Å². The van der Waals surface area contributed by atoms with Gasteiger partial charge < -0.3 is 14.8 Å². The third-order valence-electron chi connectivity index (χ3n) is 3.40. The third-order valence-corrected chi connectivity index (χ3v) is 3.40. The van der Waals surface area contributed by atoms with Gasteiger partial charge in [-0.2, -0.15) is 5.26 Å². The van der Waals surface area contributed by atoms with Crippen LogP contribution in [0.4, 0.5) is 0 Å². The Morgan fingerprint density at radius 2 is 2.42 bits per heavy atom. The van der Waals surface area contributed by atoms with Crippen LogP contribution in [0, 0.1) is 17.2 Å². The van der Waals surface area contributed by atoms with E-state index in [9.17, 15) is 0 Å². The number of methoxy groups -OCH3 is 1. The second kappa shape index (κ2) is 7.13. The summed E-state index contributed by atoms with van der Waals surface area (Å²) in [7, 11) is 1.58. The molecule has 1 aliphatic heterocycles. The average molecular weight is 260 g/mol. The van der Waals surface area contributed by atoms with Crippen LogP contribution >= 0.6 is 0 Å². The van der Waals surface area contributed by atoms with Crippen LogP contribution in [0.1, 0.15) is 24.0 Å². The lowest BCUT2D eigenvalue weighted by Gasteiger charge is -2.22. The molecule has 0 spiro atoms. The van der Waals surface area contributed by atoms with Gasteiger partial charge in [0.2, 0.25) is 0 Å². The molecule has 1 atom stereocenters. The largest absolute Gasteiger partial charge is 0.495 e. The van der Waals surface area contributed by atoms with E-state index in [1.54, 1.807) is 7.11 Å². The van der Waals surface area contributed by atoms with E-state index >= 15 is 0 Å². The van der Waals surface area contributed by atoms with E-state index < -0.39 is 0 Å². The zero-order valence-electron chi connectivity index (χ0n) is 11.3. The van der Waals surface area contributed by atoms with Crippen molar-refractivity contribution in [1.82, 2.24) is 5.32 Å². The number of nitrogens with zero attached hydrogens (tertiary/aromatic N) is 1. The SMILES string of the molecule is COc1ccc(CNCC2CCCOC2)cc1C#N. The molecule has 1 aliphatic rings. The predicted octanol–water partition coefficient (Wildman–Crippen LogP) is 2.08. The summed E-state index contributed by atoms with van der Waals surface area (Å²) in [4.78, 5) is 0. The zero-order chi connectivity index (χ0) is 13.5. The maximum absolute atomic E-state index is 9.04. The van der Waals surface area contributed by atoms with Gasteiger partial charge in [0.25, 0.3) is 0 Å². The number of rotatable bonds is 5. The molecule has 1 N–H and O–H groups in total. The summed E-state index contributed by atoms with van der Waals surface area (Å²) in [6.07, 6.45) is 2.40. The van der Waals surface area contributed by atoms with Gasteiger partial charge >= 0.3 is 0 Å². The van der Waals surface area contributed by atoms with Gasteiger partial charge in [-0.15, -0.1) is 0 Å². The van der Waals surface area contributed by atoms with Crippen molar-refractivity contribution in [2.75, 3.05) is 26.9 Å².